The molecule has 4 nitrogen and oxygen atoms in total. The summed E-state index contributed by atoms with van der Waals surface area (Å²) in [5, 5.41) is 8.66. The highest BCUT2D eigenvalue weighted by atomic mass is 32.2. The molecule has 0 aliphatic rings. The molecule has 0 heterocycles. The van der Waals surface area contributed by atoms with Gasteiger partial charge in [0.25, 0.3) is 10.1 Å². The molecule has 0 saturated heterocycles. The Hall–Kier alpha value is -0.130. The van der Waals surface area contributed by atoms with Crippen molar-refractivity contribution >= 4 is 10.1 Å². The molecule has 0 saturated carbocycles. The maximum absolute atomic E-state index is 11.4. The fourth-order valence-electron chi connectivity index (χ4n) is 0.435. The van der Waals surface area contributed by atoms with Gasteiger partial charge in [-0.3, -0.25) is 4.18 Å². The van der Waals surface area contributed by atoms with E-state index in [1.165, 1.54) is 0 Å². The summed E-state index contributed by atoms with van der Waals surface area (Å²) in [6.45, 7) is 6.41. The summed E-state index contributed by atoms with van der Waals surface area (Å²) in [5.41, 5.74) is 0. The molecule has 0 aromatic heterocycles. The minimum absolute atomic E-state index is 0.0378. The third-order valence-corrected chi connectivity index (χ3v) is 3.52. The van der Waals surface area contributed by atoms with Crippen LogP contribution in [-0.2, 0) is 14.3 Å². The first-order valence-electron chi connectivity index (χ1n) is 4.20. The third kappa shape index (κ3) is 4.06. The highest BCUT2D eigenvalue weighted by Crippen LogP contribution is 2.17. The third-order valence-electron chi connectivity index (χ3n) is 1.57. The first-order valence-corrected chi connectivity index (χ1v) is 5.61. The highest BCUT2D eigenvalue weighted by Gasteiger charge is 2.30. The first kappa shape index (κ1) is 12.9. The van der Waals surface area contributed by atoms with Crippen LogP contribution in [0.25, 0.3) is 0 Å². The van der Waals surface area contributed by atoms with Gasteiger partial charge in [0, 0.05) is 12.5 Å². The Morgan fingerprint density at radius 1 is 1.38 bits per heavy atom. The second-order valence-electron chi connectivity index (χ2n) is 4.14. The van der Waals surface area contributed by atoms with Crippen LogP contribution in [0.5, 0.6) is 0 Å². The Morgan fingerprint density at radius 3 is 2.15 bits per heavy atom. The van der Waals surface area contributed by atoms with E-state index in [1.54, 1.807) is 27.7 Å². The molecule has 13 heavy (non-hydrogen) atoms. The summed E-state index contributed by atoms with van der Waals surface area (Å²) in [5.74, 6) is -0.155. The minimum Gasteiger partial charge on any atom is -0.396 e. The van der Waals surface area contributed by atoms with Crippen molar-refractivity contribution < 1.29 is 17.7 Å². The van der Waals surface area contributed by atoms with Crippen molar-refractivity contribution in [1.82, 2.24) is 0 Å². The number of rotatable bonds is 4. The maximum atomic E-state index is 11.4. The Bertz CT molecular complexity index is 237. The molecule has 1 unspecified atom stereocenters. The van der Waals surface area contributed by atoms with E-state index in [9.17, 15) is 8.42 Å². The number of aliphatic hydroxyl groups is 1. The fourth-order valence-corrected chi connectivity index (χ4v) is 1.20. The van der Waals surface area contributed by atoms with Crippen LogP contribution in [0, 0.1) is 5.92 Å². The van der Waals surface area contributed by atoms with Crippen LogP contribution >= 0.6 is 0 Å². The lowest BCUT2D eigenvalue weighted by Crippen LogP contribution is -2.31. The molecular weight excluding hydrogens is 192 g/mol. The van der Waals surface area contributed by atoms with Gasteiger partial charge < -0.3 is 5.11 Å². The summed E-state index contributed by atoms with van der Waals surface area (Å²) >= 11 is 0. The second kappa shape index (κ2) is 4.39. The molecule has 1 atom stereocenters. The maximum Gasteiger partial charge on any atom is 0.272 e. The summed E-state index contributed by atoms with van der Waals surface area (Å²) in [6.07, 6.45) is 0. The molecule has 80 valence electrons. The molecule has 0 radical (unpaired) electrons. The Labute approximate surface area is 80.0 Å². The van der Waals surface area contributed by atoms with Gasteiger partial charge in [-0.25, -0.2) is 0 Å². The lowest BCUT2D eigenvalue weighted by molar-refractivity contribution is 0.175. The van der Waals surface area contributed by atoms with Crippen LogP contribution < -0.4 is 0 Å². The van der Waals surface area contributed by atoms with Gasteiger partial charge in [0.05, 0.1) is 11.4 Å². The van der Waals surface area contributed by atoms with Gasteiger partial charge in [0.2, 0.25) is 0 Å². The van der Waals surface area contributed by atoms with Crippen LogP contribution in [0.3, 0.4) is 0 Å². The number of hydrogen-bond acceptors (Lipinski definition) is 4. The van der Waals surface area contributed by atoms with Gasteiger partial charge in [-0.05, 0) is 20.8 Å². The average Bonchev–Trinajstić information content (AvgIpc) is 1.98. The normalized spacial score (nSPS) is 15.8. The van der Waals surface area contributed by atoms with E-state index in [2.05, 4.69) is 0 Å². The predicted molar refractivity (Wildman–Crippen MR) is 50.9 cm³/mol. The van der Waals surface area contributed by atoms with Crippen LogP contribution in [0.2, 0.25) is 0 Å². The molecule has 0 spiro atoms. The average molecular weight is 210 g/mol. The van der Waals surface area contributed by atoms with E-state index in [0.29, 0.717) is 0 Å². The van der Waals surface area contributed by atoms with E-state index < -0.39 is 14.9 Å². The van der Waals surface area contributed by atoms with Crippen molar-refractivity contribution in [2.24, 2.45) is 5.92 Å². The van der Waals surface area contributed by atoms with Crippen LogP contribution in [-0.4, -0.2) is 31.5 Å². The zero-order valence-corrected chi connectivity index (χ0v) is 9.39. The van der Waals surface area contributed by atoms with Crippen molar-refractivity contribution in [3.05, 3.63) is 0 Å². The Kier molecular flexibility index (Phi) is 4.35. The van der Waals surface area contributed by atoms with E-state index in [-0.39, 0.29) is 19.1 Å². The summed E-state index contributed by atoms with van der Waals surface area (Å²) in [6, 6.07) is 0. The van der Waals surface area contributed by atoms with E-state index in [4.69, 9.17) is 9.29 Å². The van der Waals surface area contributed by atoms with Crippen LogP contribution in [0.1, 0.15) is 27.7 Å². The van der Waals surface area contributed by atoms with Gasteiger partial charge in [0.1, 0.15) is 0 Å². The molecule has 5 heteroatoms. The molecule has 1 N–H and O–H groups in total. The van der Waals surface area contributed by atoms with Gasteiger partial charge in [-0.15, -0.1) is 0 Å². The smallest absolute Gasteiger partial charge is 0.272 e. The van der Waals surface area contributed by atoms with Crippen molar-refractivity contribution in [3.8, 4) is 0 Å². The molecule has 0 rings (SSSR count). The molecule has 0 aliphatic heterocycles. The standard InChI is InChI=1S/C8H18O4S/c1-7(5-9)6-12-13(10,11)8(2,3)4/h7,9H,5-6H2,1-4H3. The first-order chi connectivity index (χ1) is 5.70. The van der Waals surface area contributed by atoms with Crippen molar-refractivity contribution in [2.45, 2.75) is 32.4 Å². The van der Waals surface area contributed by atoms with E-state index in [1.807, 2.05) is 0 Å². The lowest BCUT2D eigenvalue weighted by Gasteiger charge is -2.19. The van der Waals surface area contributed by atoms with Gasteiger partial charge in [-0.1, -0.05) is 6.92 Å². The molecule has 0 aliphatic carbocycles. The number of hydrogen-bond donors (Lipinski definition) is 1. The van der Waals surface area contributed by atoms with Gasteiger partial charge in [0.15, 0.2) is 0 Å². The fraction of sp³-hybridized carbons (Fsp3) is 1.00. The van der Waals surface area contributed by atoms with Crippen molar-refractivity contribution in [2.75, 3.05) is 13.2 Å². The summed E-state index contributed by atoms with van der Waals surface area (Å²) in [4.78, 5) is 0. The minimum atomic E-state index is -3.51. The second-order valence-corrected chi connectivity index (χ2v) is 6.51. The van der Waals surface area contributed by atoms with Gasteiger partial charge >= 0.3 is 0 Å². The highest BCUT2D eigenvalue weighted by molar-refractivity contribution is 7.88. The van der Waals surface area contributed by atoms with E-state index >= 15 is 0 Å². The molecule has 0 aromatic rings. The quantitative estimate of drug-likeness (QED) is 0.696. The van der Waals surface area contributed by atoms with Crippen LogP contribution in [0.4, 0.5) is 0 Å². The van der Waals surface area contributed by atoms with Crippen molar-refractivity contribution in [1.29, 1.82) is 0 Å². The lowest BCUT2D eigenvalue weighted by atomic mass is 10.2. The topological polar surface area (TPSA) is 63.6 Å². The summed E-state index contributed by atoms with van der Waals surface area (Å²) in [7, 11) is -3.51. The van der Waals surface area contributed by atoms with E-state index in [0.717, 1.165) is 0 Å². The zero-order chi connectivity index (χ0) is 10.7. The largest absolute Gasteiger partial charge is 0.396 e. The predicted octanol–water partition coefficient (Wildman–Crippen LogP) is 0.760. The SMILES string of the molecule is CC(CO)COS(=O)(=O)C(C)(C)C. The number of aliphatic hydroxyl groups excluding tert-OH is 1. The Morgan fingerprint density at radius 2 is 1.85 bits per heavy atom. The monoisotopic (exact) mass is 210 g/mol. The molecule has 0 fully saturated rings. The zero-order valence-electron chi connectivity index (χ0n) is 8.57. The molecule has 0 amide bonds. The molecule has 0 bridgehead atoms. The molecule has 0 aromatic carbocycles. The molecular formula is C8H18O4S. The Balaban J connectivity index is 4.22. The van der Waals surface area contributed by atoms with Gasteiger partial charge in [-0.2, -0.15) is 8.42 Å². The van der Waals surface area contributed by atoms with Crippen molar-refractivity contribution in [3.63, 3.8) is 0 Å². The van der Waals surface area contributed by atoms with Crippen LogP contribution in [0.15, 0.2) is 0 Å². The summed E-state index contributed by atoms with van der Waals surface area (Å²) < 4.78 is 26.6.